The van der Waals surface area contributed by atoms with Crippen LogP contribution in [-0.4, -0.2) is 37.5 Å². The summed E-state index contributed by atoms with van der Waals surface area (Å²) in [7, 11) is 0. The second kappa shape index (κ2) is 8.42. The lowest BCUT2D eigenvalue weighted by Gasteiger charge is -2.09. The predicted molar refractivity (Wildman–Crippen MR) is 98.7 cm³/mol. The monoisotopic (exact) mass is 388 g/mol. The van der Waals surface area contributed by atoms with Crippen molar-refractivity contribution in [1.29, 1.82) is 0 Å². The van der Waals surface area contributed by atoms with E-state index in [2.05, 4.69) is 25.7 Å². The number of halogens is 2. The van der Waals surface area contributed by atoms with Gasteiger partial charge in [0, 0.05) is 30.2 Å². The fourth-order valence-electron chi connectivity index (χ4n) is 2.62. The first-order valence-electron chi connectivity index (χ1n) is 8.40. The number of carboxylic acid groups (broad SMARTS) is 1. The third-order valence-electron chi connectivity index (χ3n) is 3.82. The van der Waals surface area contributed by atoms with Crippen LogP contribution in [0.15, 0.2) is 42.9 Å². The maximum Gasteiger partial charge on any atom is 0.404 e. The second-order valence-corrected chi connectivity index (χ2v) is 6.04. The number of carbonyl (C=O) groups is 1. The lowest BCUT2D eigenvalue weighted by molar-refractivity contribution is 0.146. The van der Waals surface area contributed by atoms with Crippen molar-refractivity contribution in [2.75, 3.05) is 11.9 Å². The molecule has 0 fully saturated rings. The fourth-order valence-corrected chi connectivity index (χ4v) is 2.62. The molecular weight excluding hydrogens is 370 g/mol. The Morgan fingerprint density at radius 2 is 2.11 bits per heavy atom. The summed E-state index contributed by atoms with van der Waals surface area (Å²) in [5.74, 6) is 0.0878. The molecule has 1 amide bonds. The Morgan fingerprint density at radius 1 is 1.29 bits per heavy atom. The van der Waals surface area contributed by atoms with E-state index in [1.807, 2.05) is 25.1 Å². The molecule has 28 heavy (non-hydrogen) atoms. The van der Waals surface area contributed by atoms with Crippen molar-refractivity contribution in [3.63, 3.8) is 0 Å². The van der Waals surface area contributed by atoms with E-state index in [9.17, 15) is 13.6 Å². The summed E-state index contributed by atoms with van der Waals surface area (Å²) in [4.78, 5) is 18.3. The molecule has 3 rings (SSSR count). The van der Waals surface area contributed by atoms with Crippen LogP contribution in [0.25, 0.3) is 11.1 Å². The van der Waals surface area contributed by atoms with Crippen LogP contribution in [0.3, 0.4) is 0 Å². The molecule has 0 saturated carbocycles. The number of amides is 1. The minimum atomic E-state index is -2.67. The number of hydrogen-bond donors (Lipinski definition) is 3. The molecule has 0 aliphatic rings. The van der Waals surface area contributed by atoms with Gasteiger partial charge in [0.2, 0.25) is 5.95 Å². The maximum absolute atomic E-state index is 12.8. The molecule has 10 heteroatoms. The Kier molecular flexibility index (Phi) is 5.78. The third-order valence-corrected chi connectivity index (χ3v) is 3.82. The van der Waals surface area contributed by atoms with E-state index in [1.54, 1.807) is 17.1 Å². The molecule has 0 radical (unpaired) electrons. The highest BCUT2D eigenvalue weighted by atomic mass is 19.3. The minimum Gasteiger partial charge on any atom is -0.465 e. The van der Waals surface area contributed by atoms with Gasteiger partial charge >= 0.3 is 6.09 Å². The number of nitrogens with one attached hydrogen (secondary N) is 2. The molecule has 3 N–H and O–H groups in total. The molecule has 0 bridgehead atoms. The van der Waals surface area contributed by atoms with Crippen molar-refractivity contribution in [2.45, 2.75) is 19.9 Å². The lowest BCUT2D eigenvalue weighted by Crippen LogP contribution is -2.25. The van der Waals surface area contributed by atoms with E-state index in [4.69, 9.17) is 5.11 Å². The van der Waals surface area contributed by atoms with Gasteiger partial charge in [-0.1, -0.05) is 6.07 Å². The SMILES string of the molecule is Cc1cc(Nc2nccc(C(F)F)n2)cc(-c2cnn(CCNC(=O)O)c2)c1. The number of nitrogens with zero attached hydrogens (tertiary/aromatic N) is 4. The van der Waals surface area contributed by atoms with Gasteiger partial charge < -0.3 is 15.7 Å². The van der Waals surface area contributed by atoms with Crippen LogP contribution >= 0.6 is 0 Å². The van der Waals surface area contributed by atoms with Gasteiger partial charge in [-0.3, -0.25) is 4.68 Å². The highest BCUT2D eigenvalue weighted by molar-refractivity contribution is 5.70. The first kappa shape index (κ1) is 19.2. The largest absolute Gasteiger partial charge is 0.465 e. The van der Waals surface area contributed by atoms with Gasteiger partial charge in [-0.05, 0) is 36.2 Å². The van der Waals surface area contributed by atoms with Gasteiger partial charge in [-0.25, -0.2) is 23.5 Å². The summed E-state index contributed by atoms with van der Waals surface area (Å²) < 4.78 is 27.2. The molecule has 2 heterocycles. The van der Waals surface area contributed by atoms with E-state index < -0.39 is 12.5 Å². The van der Waals surface area contributed by atoms with Crippen LogP contribution in [0, 0.1) is 6.92 Å². The third kappa shape index (κ3) is 5.00. The molecule has 0 spiro atoms. The maximum atomic E-state index is 12.8. The highest BCUT2D eigenvalue weighted by Crippen LogP contribution is 2.26. The summed E-state index contributed by atoms with van der Waals surface area (Å²) in [6, 6.07) is 6.81. The van der Waals surface area contributed by atoms with Crippen LogP contribution in [0.5, 0.6) is 0 Å². The fraction of sp³-hybridized carbons (Fsp3) is 0.222. The Bertz CT molecular complexity index is 976. The Balaban J connectivity index is 1.77. The smallest absolute Gasteiger partial charge is 0.404 e. The van der Waals surface area contributed by atoms with Gasteiger partial charge in [0.1, 0.15) is 5.69 Å². The van der Waals surface area contributed by atoms with Crippen molar-refractivity contribution in [2.24, 2.45) is 0 Å². The van der Waals surface area contributed by atoms with Crippen molar-refractivity contribution in [1.82, 2.24) is 25.1 Å². The molecule has 8 nitrogen and oxygen atoms in total. The summed E-state index contributed by atoms with van der Waals surface area (Å²) in [6.45, 7) is 2.55. The Labute approximate surface area is 159 Å². The van der Waals surface area contributed by atoms with Crippen LogP contribution in [0.2, 0.25) is 0 Å². The summed E-state index contributed by atoms with van der Waals surface area (Å²) in [6.07, 6.45) is 1.00. The van der Waals surface area contributed by atoms with E-state index in [-0.39, 0.29) is 18.2 Å². The van der Waals surface area contributed by atoms with Gasteiger partial charge in [0.15, 0.2) is 0 Å². The zero-order valence-electron chi connectivity index (χ0n) is 14.9. The standard InChI is InChI=1S/C18H18F2N6O2/c1-11-6-12(13-9-23-26(10-13)5-4-22-18(27)28)8-14(7-11)24-17-21-3-2-15(25-17)16(19)20/h2-3,6-10,16,22H,4-5H2,1H3,(H,27,28)(H,21,24,25). The van der Waals surface area contributed by atoms with Gasteiger partial charge in [-0.15, -0.1) is 0 Å². The van der Waals surface area contributed by atoms with Crippen LogP contribution in [0.4, 0.5) is 25.2 Å². The predicted octanol–water partition coefficient (Wildman–Crippen LogP) is 3.60. The Morgan fingerprint density at radius 3 is 2.86 bits per heavy atom. The number of hydrogen-bond acceptors (Lipinski definition) is 5. The van der Waals surface area contributed by atoms with Crippen molar-refractivity contribution >= 4 is 17.7 Å². The van der Waals surface area contributed by atoms with E-state index in [1.165, 1.54) is 12.3 Å². The second-order valence-electron chi connectivity index (χ2n) is 6.04. The Hall–Kier alpha value is -3.56. The normalized spacial score (nSPS) is 10.9. The molecule has 0 aliphatic carbocycles. The average molecular weight is 388 g/mol. The van der Waals surface area contributed by atoms with E-state index in [0.29, 0.717) is 12.2 Å². The molecule has 1 aromatic carbocycles. The lowest BCUT2D eigenvalue weighted by atomic mass is 10.1. The molecule has 0 aliphatic heterocycles. The average Bonchev–Trinajstić information content (AvgIpc) is 3.10. The number of alkyl halides is 2. The number of benzene rings is 1. The molecule has 2 aromatic heterocycles. The van der Waals surface area contributed by atoms with Crippen LogP contribution < -0.4 is 10.6 Å². The van der Waals surface area contributed by atoms with Crippen molar-refractivity contribution in [3.05, 3.63) is 54.1 Å². The zero-order valence-corrected chi connectivity index (χ0v) is 14.9. The molecule has 0 atom stereocenters. The minimum absolute atomic E-state index is 0.0878. The van der Waals surface area contributed by atoms with E-state index in [0.717, 1.165) is 16.7 Å². The van der Waals surface area contributed by atoms with E-state index >= 15 is 0 Å². The molecule has 0 saturated heterocycles. The highest BCUT2D eigenvalue weighted by Gasteiger charge is 2.11. The number of rotatable bonds is 7. The number of aromatic nitrogens is 4. The molecule has 0 unspecified atom stereocenters. The van der Waals surface area contributed by atoms with Crippen molar-refractivity contribution < 1.29 is 18.7 Å². The quantitative estimate of drug-likeness (QED) is 0.571. The van der Waals surface area contributed by atoms with Crippen LogP contribution in [0.1, 0.15) is 17.7 Å². The summed E-state index contributed by atoms with van der Waals surface area (Å²) in [5, 5.41) is 18.0. The summed E-state index contributed by atoms with van der Waals surface area (Å²) in [5.41, 5.74) is 2.96. The van der Waals surface area contributed by atoms with Gasteiger partial charge in [0.05, 0.1) is 12.7 Å². The van der Waals surface area contributed by atoms with Crippen LogP contribution in [-0.2, 0) is 6.54 Å². The first-order valence-corrected chi connectivity index (χ1v) is 8.40. The van der Waals surface area contributed by atoms with Gasteiger partial charge in [-0.2, -0.15) is 5.10 Å². The van der Waals surface area contributed by atoms with Gasteiger partial charge in [0.25, 0.3) is 6.43 Å². The summed E-state index contributed by atoms with van der Waals surface area (Å²) >= 11 is 0. The van der Waals surface area contributed by atoms with Crippen molar-refractivity contribution in [3.8, 4) is 11.1 Å². The number of anilines is 2. The topological polar surface area (TPSA) is 105 Å². The molecule has 146 valence electrons. The molecule has 3 aromatic rings. The molecular formula is C18H18F2N6O2. The number of aryl methyl sites for hydroxylation is 1. The zero-order chi connectivity index (χ0) is 20.1. The first-order chi connectivity index (χ1) is 13.4.